The molecule has 0 saturated heterocycles. The standard InChI is InChI=1S/C17H18ClNOS/c1-11(19)12-6-7-16(15(18)9-12)20-10-14-8-13-4-2-3-5-17(13)21-14/h2-7,9,11,14H,8,10,19H2,1H3. The Morgan fingerprint density at radius 2 is 2.14 bits per heavy atom. The van der Waals surface area contributed by atoms with Crippen LogP contribution in [0.1, 0.15) is 24.1 Å². The minimum absolute atomic E-state index is 0.0172. The Labute approximate surface area is 134 Å². The van der Waals surface area contributed by atoms with E-state index in [0.717, 1.165) is 17.7 Å². The molecular weight excluding hydrogens is 302 g/mol. The summed E-state index contributed by atoms with van der Waals surface area (Å²) in [7, 11) is 0. The Morgan fingerprint density at radius 3 is 2.86 bits per heavy atom. The molecule has 0 bridgehead atoms. The third kappa shape index (κ3) is 3.37. The van der Waals surface area contributed by atoms with Crippen LogP contribution in [0.3, 0.4) is 0 Å². The third-order valence-electron chi connectivity index (χ3n) is 3.62. The average Bonchev–Trinajstić information content (AvgIpc) is 2.88. The maximum absolute atomic E-state index is 6.26. The maximum Gasteiger partial charge on any atom is 0.137 e. The highest BCUT2D eigenvalue weighted by Gasteiger charge is 2.22. The summed E-state index contributed by atoms with van der Waals surface area (Å²) in [5, 5.41) is 1.08. The fraction of sp³-hybridized carbons (Fsp3) is 0.294. The van der Waals surface area contributed by atoms with Crippen molar-refractivity contribution in [1.29, 1.82) is 0 Å². The zero-order valence-electron chi connectivity index (χ0n) is 11.9. The summed E-state index contributed by atoms with van der Waals surface area (Å²) < 4.78 is 5.89. The topological polar surface area (TPSA) is 35.2 Å². The first-order chi connectivity index (χ1) is 10.1. The first kappa shape index (κ1) is 14.8. The summed E-state index contributed by atoms with van der Waals surface area (Å²) in [6.45, 7) is 2.61. The van der Waals surface area contributed by atoms with Crippen LogP contribution in [0.5, 0.6) is 5.75 Å². The van der Waals surface area contributed by atoms with Crippen molar-refractivity contribution in [2.45, 2.75) is 29.5 Å². The molecule has 2 unspecified atom stereocenters. The first-order valence-electron chi connectivity index (χ1n) is 7.06. The second-order valence-electron chi connectivity index (χ2n) is 5.34. The number of halogens is 1. The van der Waals surface area contributed by atoms with Crippen LogP contribution in [0.25, 0.3) is 0 Å². The molecule has 4 heteroatoms. The van der Waals surface area contributed by atoms with Gasteiger partial charge in [-0.1, -0.05) is 35.9 Å². The van der Waals surface area contributed by atoms with Gasteiger partial charge in [0.1, 0.15) is 12.4 Å². The number of hydrogen-bond donors (Lipinski definition) is 1. The number of ether oxygens (including phenoxy) is 1. The Kier molecular flexibility index (Phi) is 4.43. The predicted octanol–water partition coefficient (Wildman–Crippen LogP) is 4.46. The van der Waals surface area contributed by atoms with Gasteiger partial charge in [0, 0.05) is 16.2 Å². The zero-order chi connectivity index (χ0) is 14.8. The van der Waals surface area contributed by atoms with Crippen molar-refractivity contribution in [3.63, 3.8) is 0 Å². The van der Waals surface area contributed by atoms with Crippen LogP contribution in [0.4, 0.5) is 0 Å². The van der Waals surface area contributed by atoms with Gasteiger partial charge in [0.2, 0.25) is 0 Å². The van der Waals surface area contributed by atoms with E-state index in [4.69, 9.17) is 22.1 Å². The van der Waals surface area contributed by atoms with Gasteiger partial charge < -0.3 is 10.5 Å². The molecule has 2 atom stereocenters. The van der Waals surface area contributed by atoms with Gasteiger partial charge in [0.25, 0.3) is 0 Å². The first-order valence-corrected chi connectivity index (χ1v) is 8.31. The van der Waals surface area contributed by atoms with E-state index in [0.29, 0.717) is 16.9 Å². The molecule has 2 nitrogen and oxygen atoms in total. The number of nitrogens with two attached hydrogens (primary N) is 1. The molecule has 1 aliphatic rings. The molecule has 2 N–H and O–H groups in total. The quantitative estimate of drug-likeness (QED) is 0.904. The number of fused-ring (bicyclic) bond motifs is 1. The average molecular weight is 320 g/mol. The zero-order valence-corrected chi connectivity index (χ0v) is 13.5. The van der Waals surface area contributed by atoms with Crippen molar-refractivity contribution in [3.05, 3.63) is 58.6 Å². The largest absolute Gasteiger partial charge is 0.491 e. The van der Waals surface area contributed by atoms with Crippen molar-refractivity contribution in [2.75, 3.05) is 6.61 Å². The molecule has 1 heterocycles. The minimum atomic E-state index is -0.0172. The predicted molar refractivity (Wildman–Crippen MR) is 89.3 cm³/mol. The van der Waals surface area contributed by atoms with Crippen LogP contribution >= 0.6 is 23.4 Å². The molecule has 0 fully saturated rings. The van der Waals surface area contributed by atoms with E-state index in [1.54, 1.807) is 0 Å². The smallest absolute Gasteiger partial charge is 0.137 e. The number of hydrogen-bond acceptors (Lipinski definition) is 3. The molecule has 2 aromatic rings. The van der Waals surface area contributed by atoms with E-state index in [1.807, 2.05) is 36.9 Å². The Bertz CT molecular complexity index is 619. The lowest BCUT2D eigenvalue weighted by Gasteiger charge is -2.14. The van der Waals surface area contributed by atoms with Gasteiger partial charge in [-0.05, 0) is 42.7 Å². The Morgan fingerprint density at radius 1 is 1.33 bits per heavy atom. The fourth-order valence-corrected chi connectivity index (χ4v) is 3.91. The molecule has 3 rings (SSSR count). The SMILES string of the molecule is CC(N)c1ccc(OCC2Cc3ccccc3S2)c(Cl)c1. The lowest BCUT2D eigenvalue weighted by molar-refractivity contribution is 0.317. The molecule has 0 aliphatic carbocycles. The summed E-state index contributed by atoms with van der Waals surface area (Å²) in [5.41, 5.74) is 8.29. The lowest BCUT2D eigenvalue weighted by Crippen LogP contribution is -2.13. The van der Waals surface area contributed by atoms with Crippen LogP contribution in [-0.2, 0) is 6.42 Å². The highest BCUT2D eigenvalue weighted by Crippen LogP contribution is 2.37. The van der Waals surface area contributed by atoms with Crippen LogP contribution in [-0.4, -0.2) is 11.9 Å². The molecule has 21 heavy (non-hydrogen) atoms. The van der Waals surface area contributed by atoms with E-state index in [-0.39, 0.29) is 6.04 Å². The summed E-state index contributed by atoms with van der Waals surface area (Å²) in [6.07, 6.45) is 1.05. The van der Waals surface area contributed by atoms with Gasteiger partial charge in [-0.3, -0.25) is 0 Å². The van der Waals surface area contributed by atoms with Gasteiger partial charge >= 0.3 is 0 Å². The monoisotopic (exact) mass is 319 g/mol. The second-order valence-corrected chi connectivity index (χ2v) is 7.09. The van der Waals surface area contributed by atoms with Crippen molar-refractivity contribution in [3.8, 4) is 5.75 Å². The summed E-state index contributed by atoms with van der Waals surface area (Å²) in [4.78, 5) is 1.37. The van der Waals surface area contributed by atoms with E-state index in [9.17, 15) is 0 Å². The molecule has 0 radical (unpaired) electrons. The molecule has 0 aromatic heterocycles. The normalized spacial score (nSPS) is 18.3. The second kappa shape index (κ2) is 6.30. The number of rotatable bonds is 4. The molecule has 0 spiro atoms. The molecule has 110 valence electrons. The van der Waals surface area contributed by atoms with Gasteiger partial charge in [-0.25, -0.2) is 0 Å². The van der Waals surface area contributed by atoms with Crippen molar-refractivity contribution < 1.29 is 4.74 Å². The van der Waals surface area contributed by atoms with Crippen LogP contribution in [0.15, 0.2) is 47.4 Å². The van der Waals surface area contributed by atoms with Gasteiger partial charge in [0.15, 0.2) is 0 Å². The maximum atomic E-state index is 6.26. The van der Waals surface area contributed by atoms with Crippen LogP contribution < -0.4 is 10.5 Å². The molecule has 0 amide bonds. The molecular formula is C17H18ClNOS. The summed E-state index contributed by atoms with van der Waals surface area (Å²) in [6, 6.07) is 14.3. The van der Waals surface area contributed by atoms with E-state index in [2.05, 4.69) is 24.3 Å². The Hall–Kier alpha value is -1.16. The fourth-order valence-electron chi connectivity index (χ4n) is 2.45. The molecule has 2 aromatic carbocycles. The third-order valence-corrected chi connectivity index (χ3v) is 5.20. The van der Waals surface area contributed by atoms with Gasteiger partial charge in [-0.2, -0.15) is 0 Å². The highest BCUT2D eigenvalue weighted by atomic mass is 35.5. The van der Waals surface area contributed by atoms with Crippen molar-refractivity contribution >= 4 is 23.4 Å². The van der Waals surface area contributed by atoms with E-state index >= 15 is 0 Å². The van der Waals surface area contributed by atoms with Crippen LogP contribution in [0.2, 0.25) is 5.02 Å². The van der Waals surface area contributed by atoms with Crippen molar-refractivity contribution in [1.82, 2.24) is 0 Å². The molecule has 0 saturated carbocycles. The summed E-state index contributed by atoms with van der Waals surface area (Å²) >= 11 is 8.14. The number of benzene rings is 2. The highest BCUT2D eigenvalue weighted by molar-refractivity contribution is 8.00. The van der Waals surface area contributed by atoms with E-state index in [1.165, 1.54) is 10.5 Å². The van der Waals surface area contributed by atoms with Crippen molar-refractivity contribution in [2.24, 2.45) is 5.73 Å². The van der Waals surface area contributed by atoms with Gasteiger partial charge in [-0.15, -0.1) is 11.8 Å². The minimum Gasteiger partial charge on any atom is -0.491 e. The van der Waals surface area contributed by atoms with E-state index < -0.39 is 0 Å². The number of thioether (sulfide) groups is 1. The van der Waals surface area contributed by atoms with Gasteiger partial charge in [0.05, 0.1) is 5.02 Å². The molecule has 1 aliphatic heterocycles. The summed E-state index contributed by atoms with van der Waals surface area (Å²) in [5.74, 6) is 0.734. The lowest BCUT2D eigenvalue weighted by atomic mass is 10.1. The Balaban J connectivity index is 1.62. The van der Waals surface area contributed by atoms with Crippen LogP contribution in [0, 0.1) is 0 Å².